The molecule has 2 N–H and O–H groups in total. The monoisotopic (exact) mass is 628 g/mol. The fraction of sp³-hybridized carbons (Fsp3) is 0.500. The van der Waals surface area contributed by atoms with Crippen LogP contribution < -0.4 is 14.5 Å². The van der Waals surface area contributed by atoms with E-state index in [1.165, 1.54) is 13.1 Å². The molecular weight excluding hydrogens is 588 g/mol. The Labute approximate surface area is 257 Å². The van der Waals surface area contributed by atoms with Crippen LogP contribution >= 0.6 is 0 Å². The predicted octanol–water partition coefficient (Wildman–Crippen LogP) is 4.06. The number of benzene rings is 1. The van der Waals surface area contributed by atoms with E-state index in [9.17, 15) is 23.1 Å². The zero-order valence-corrected chi connectivity index (χ0v) is 26.9. The molecule has 1 aromatic carbocycles. The minimum Gasteiger partial charge on any atom is -0.480 e. The van der Waals surface area contributed by atoms with E-state index in [1.807, 2.05) is 30.3 Å². The SMILES string of the molecule is CC1CC1CN(CC(=O)O)c1cc(-c2nnc(C(C)(Cc3ccccc3)NC(=O)OC(C)(C)C)o2)cc(N(C)S(C)(=O)=O)n1. The van der Waals surface area contributed by atoms with Crippen molar-refractivity contribution in [1.82, 2.24) is 20.5 Å². The third-order valence-corrected chi connectivity index (χ3v) is 8.50. The standard InChI is InChI=1S/C30H40N6O7S/c1-19-13-22(19)17-36(18-25(37)38)24-15-21(14-23(31-24)35(6)44(7,40)41)26-33-34-27(42-26)30(5,16-20-11-9-8-10-12-20)32-28(39)43-29(2,3)4/h8-12,14-15,19,22H,13,16-18H2,1-7H3,(H,32,39)(H,37,38). The van der Waals surface area contributed by atoms with Gasteiger partial charge in [-0.05, 0) is 63.6 Å². The second-order valence-corrected chi connectivity index (χ2v) is 14.6. The molecule has 238 valence electrons. The van der Waals surface area contributed by atoms with Crippen molar-refractivity contribution in [3.63, 3.8) is 0 Å². The number of rotatable bonds is 12. The number of aliphatic carboxylic acids is 1. The van der Waals surface area contributed by atoms with Crippen molar-refractivity contribution in [2.75, 3.05) is 35.6 Å². The number of nitrogens with one attached hydrogen (secondary N) is 1. The number of carbonyl (C=O) groups excluding carboxylic acids is 1. The first-order valence-electron chi connectivity index (χ1n) is 14.3. The zero-order valence-electron chi connectivity index (χ0n) is 26.1. The summed E-state index contributed by atoms with van der Waals surface area (Å²) in [6.45, 7) is 9.23. The Bertz CT molecular complexity index is 1610. The van der Waals surface area contributed by atoms with Gasteiger partial charge in [-0.2, -0.15) is 0 Å². The molecule has 13 nitrogen and oxygen atoms in total. The quantitative estimate of drug-likeness (QED) is 0.297. The number of carboxylic acid groups (broad SMARTS) is 1. The highest BCUT2D eigenvalue weighted by Crippen LogP contribution is 2.39. The van der Waals surface area contributed by atoms with Gasteiger partial charge in [-0.1, -0.05) is 37.3 Å². The van der Waals surface area contributed by atoms with Crippen LogP contribution in [0.4, 0.5) is 16.4 Å². The van der Waals surface area contributed by atoms with Gasteiger partial charge < -0.3 is 24.5 Å². The third-order valence-electron chi connectivity index (χ3n) is 7.32. The van der Waals surface area contributed by atoms with Crippen LogP contribution in [0.1, 0.15) is 52.5 Å². The van der Waals surface area contributed by atoms with Crippen molar-refractivity contribution < 1.29 is 32.3 Å². The number of amides is 1. The van der Waals surface area contributed by atoms with Gasteiger partial charge in [0.2, 0.25) is 21.8 Å². The number of hydrogen-bond acceptors (Lipinski definition) is 10. The predicted molar refractivity (Wildman–Crippen MR) is 165 cm³/mol. The lowest BCUT2D eigenvalue weighted by molar-refractivity contribution is -0.135. The van der Waals surface area contributed by atoms with E-state index in [-0.39, 0.29) is 30.0 Å². The largest absolute Gasteiger partial charge is 0.480 e. The van der Waals surface area contributed by atoms with Gasteiger partial charge in [0.1, 0.15) is 29.3 Å². The third kappa shape index (κ3) is 8.46. The van der Waals surface area contributed by atoms with Gasteiger partial charge in [0, 0.05) is 25.6 Å². The Morgan fingerprint density at radius 2 is 1.75 bits per heavy atom. The Morgan fingerprint density at radius 1 is 1.11 bits per heavy atom. The minimum absolute atomic E-state index is 0.0344. The molecule has 1 amide bonds. The lowest BCUT2D eigenvalue weighted by Crippen LogP contribution is -2.47. The summed E-state index contributed by atoms with van der Waals surface area (Å²) in [5.74, 6) is 0.133. The smallest absolute Gasteiger partial charge is 0.408 e. The average molecular weight is 629 g/mol. The van der Waals surface area contributed by atoms with E-state index < -0.39 is 33.2 Å². The van der Waals surface area contributed by atoms with E-state index in [4.69, 9.17) is 9.15 Å². The second kappa shape index (κ2) is 12.4. The first kappa shape index (κ1) is 32.7. The number of alkyl carbamates (subject to hydrolysis) is 1. The van der Waals surface area contributed by atoms with Crippen LogP contribution in [0, 0.1) is 11.8 Å². The number of nitrogens with zero attached hydrogens (tertiary/aromatic N) is 5. The van der Waals surface area contributed by atoms with Crippen LogP contribution in [0.15, 0.2) is 46.9 Å². The van der Waals surface area contributed by atoms with Crippen LogP contribution in [0.2, 0.25) is 0 Å². The highest BCUT2D eigenvalue weighted by molar-refractivity contribution is 7.92. The molecule has 14 heteroatoms. The first-order chi connectivity index (χ1) is 20.4. The topological polar surface area (TPSA) is 168 Å². The number of ether oxygens (including phenoxy) is 1. The van der Waals surface area contributed by atoms with Crippen LogP contribution in [-0.4, -0.2) is 72.8 Å². The van der Waals surface area contributed by atoms with Gasteiger partial charge in [-0.15, -0.1) is 10.2 Å². The summed E-state index contributed by atoms with van der Waals surface area (Å²) in [5, 5.41) is 21.0. The summed E-state index contributed by atoms with van der Waals surface area (Å²) >= 11 is 0. The molecule has 3 unspecified atom stereocenters. The van der Waals surface area contributed by atoms with Crippen LogP contribution in [0.3, 0.4) is 0 Å². The first-order valence-corrected chi connectivity index (χ1v) is 16.1. The van der Waals surface area contributed by atoms with E-state index in [2.05, 4.69) is 27.4 Å². The molecule has 0 radical (unpaired) electrons. The molecule has 1 saturated carbocycles. The summed E-state index contributed by atoms with van der Waals surface area (Å²) in [7, 11) is -2.36. The van der Waals surface area contributed by atoms with Gasteiger partial charge >= 0.3 is 12.1 Å². The fourth-order valence-electron chi connectivity index (χ4n) is 4.73. The molecule has 1 fully saturated rings. The molecule has 44 heavy (non-hydrogen) atoms. The second-order valence-electron chi connectivity index (χ2n) is 12.6. The van der Waals surface area contributed by atoms with Crippen molar-refractivity contribution in [2.45, 2.75) is 58.6 Å². The van der Waals surface area contributed by atoms with Crippen LogP contribution in [0.5, 0.6) is 0 Å². The van der Waals surface area contributed by atoms with E-state index in [0.717, 1.165) is 22.5 Å². The van der Waals surface area contributed by atoms with Gasteiger partial charge in [-0.25, -0.2) is 18.2 Å². The summed E-state index contributed by atoms with van der Waals surface area (Å²) < 4.78 is 37.6. The molecule has 3 aromatic rings. The van der Waals surface area contributed by atoms with E-state index in [0.29, 0.717) is 30.4 Å². The number of hydrogen-bond donors (Lipinski definition) is 2. The van der Waals surface area contributed by atoms with E-state index >= 15 is 0 Å². The summed E-state index contributed by atoms with van der Waals surface area (Å²) in [6, 6.07) is 12.5. The van der Waals surface area contributed by atoms with Crippen molar-refractivity contribution >= 4 is 33.7 Å². The number of sulfonamides is 1. The lowest BCUT2D eigenvalue weighted by Gasteiger charge is -2.29. The highest BCUT2D eigenvalue weighted by Gasteiger charge is 2.38. The summed E-state index contributed by atoms with van der Waals surface area (Å²) in [5.41, 5.74) is -0.701. The number of carboxylic acids is 1. The molecule has 2 aromatic heterocycles. The number of anilines is 2. The normalized spacial score (nSPS) is 17.8. The van der Waals surface area contributed by atoms with Crippen molar-refractivity contribution in [1.29, 1.82) is 0 Å². The maximum Gasteiger partial charge on any atom is 0.408 e. The Balaban J connectivity index is 1.77. The summed E-state index contributed by atoms with van der Waals surface area (Å²) in [4.78, 5) is 30.8. The molecular formula is C30H40N6O7S. The minimum atomic E-state index is -3.71. The van der Waals surface area contributed by atoms with Gasteiger partial charge in [0.05, 0.1) is 6.26 Å². The van der Waals surface area contributed by atoms with Gasteiger partial charge in [0.15, 0.2) is 0 Å². The fourth-order valence-corrected chi connectivity index (χ4v) is 5.16. The van der Waals surface area contributed by atoms with Crippen molar-refractivity contribution in [3.05, 3.63) is 53.9 Å². The molecule has 0 spiro atoms. The molecule has 0 bridgehead atoms. The van der Waals surface area contributed by atoms with Crippen LogP contribution in [0.25, 0.3) is 11.5 Å². The number of pyridine rings is 1. The van der Waals surface area contributed by atoms with Crippen molar-refractivity contribution in [2.24, 2.45) is 11.8 Å². The Kier molecular flexibility index (Phi) is 9.24. The Morgan fingerprint density at radius 3 is 2.32 bits per heavy atom. The van der Waals surface area contributed by atoms with Crippen LogP contribution in [-0.2, 0) is 31.5 Å². The molecule has 4 rings (SSSR count). The molecule has 0 saturated heterocycles. The maximum absolute atomic E-state index is 12.9. The molecule has 2 heterocycles. The average Bonchev–Trinajstić information content (AvgIpc) is 3.37. The molecule has 3 atom stereocenters. The maximum atomic E-state index is 12.9. The van der Waals surface area contributed by atoms with E-state index in [1.54, 1.807) is 38.7 Å². The highest BCUT2D eigenvalue weighted by atomic mass is 32.2. The van der Waals surface area contributed by atoms with Crippen molar-refractivity contribution in [3.8, 4) is 11.5 Å². The van der Waals surface area contributed by atoms with Gasteiger partial charge in [0.25, 0.3) is 0 Å². The molecule has 1 aliphatic carbocycles. The number of carbonyl (C=O) groups is 2. The molecule has 1 aliphatic rings. The van der Waals surface area contributed by atoms with Gasteiger partial charge in [-0.3, -0.25) is 9.10 Å². The lowest BCUT2D eigenvalue weighted by atomic mass is 9.92. The summed E-state index contributed by atoms with van der Waals surface area (Å²) in [6.07, 6.45) is 1.63. The zero-order chi connectivity index (χ0) is 32.4. The Hall–Kier alpha value is -4.20. The number of aromatic nitrogens is 3. The molecule has 0 aliphatic heterocycles.